The van der Waals surface area contributed by atoms with Crippen molar-refractivity contribution in [3.8, 4) is 5.75 Å². The summed E-state index contributed by atoms with van der Waals surface area (Å²) < 4.78 is 39.9. The number of likely N-dealkylation sites (tertiary alicyclic amines) is 1. The molecule has 0 saturated carbocycles. The molecule has 0 aliphatic carbocycles. The molecule has 0 radical (unpaired) electrons. The molecule has 1 amide bonds. The van der Waals surface area contributed by atoms with Crippen LogP contribution in [0.4, 0.5) is 8.78 Å². The molecule has 2 aliphatic heterocycles. The average molecular weight is 327 g/mol. The fourth-order valence-corrected chi connectivity index (χ4v) is 3.01. The van der Waals surface area contributed by atoms with Crippen LogP contribution in [0.3, 0.4) is 0 Å². The fourth-order valence-electron chi connectivity index (χ4n) is 3.01. The Hall–Kier alpha value is -1.73. The van der Waals surface area contributed by atoms with Crippen molar-refractivity contribution in [2.75, 3.05) is 26.3 Å². The number of hydrogen-bond donors (Lipinski definition) is 0. The van der Waals surface area contributed by atoms with Crippen LogP contribution >= 0.6 is 0 Å². The van der Waals surface area contributed by atoms with Crippen molar-refractivity contribution >= 4 is 5.91 Å². The summed E-state index contributed by atoms with van der Waals surface area (Å²) in [4.78, 5) is 14.2. The predicted molar refractivity (Wildman–Crippen MR) is 77.4 cm³/mol. The summed E-state index contributed by atoms with van der Waals surface area (Å²) in [6.45, 7) is -0.441. The number of benzene rings is 1. The highest BCUT2D eigenvalue weighted by Gasteiger charge is 2.32. The molecule has 0 aromatic heterocycles. The highest BCUT2D eigenvalue weighted by atomic mass is 19.3. The highest BCUT2D eigenvalue weighted by molar-refractivity contribution is 5.94. The van der Waals surface area contributed by atoms with Crippen molar-refractivity contribution in [1.29, 1.82) is 0 Å². The summed E-state index contributed by atoms with van der Waals surface area (Å²) in [7, 11) is 0. The zero-order chi connectivity index (χ0) is 16.2. The molecule has 0 atom stereocenters. The molecule has 0 unspecified atom stereocenters. The number of hydrogen-bond acceptors (Lipinski definition) is 4. The lowest BCUT2D eigenvalue weighted by Crippen LogP contribution is -2.41. The highest BCUT2D eigenvalue weighted by Crippen LogP contribution is 2.27. The summed E-state index contributed by atoms with van der Waals surface area (Å²) in [5, 5.41) is 0. The van der Waals surface area contributed by atoms with E-state index in [1.54, 1.807) is 11.0 Å². The third kappa shape index (κ3) is 3.97. The number of nitrogens with zero attached hydrogens (tertiary/aromatic N) is 1. The van der Waals surface area contributed by atoms with Crippen LogP contribution in [0.25, 0.3) is 0 Å². The van der Waals surface area contributed by atoms with Gasteiger partial charge in [-0.15, -0.1) is 0 Å². The van der Waals surface area contributed by atoms with Crippen LogP contribution in [0, 0.1) is 5.92 Å². The first kappa shape index (κ1) is 16.1. The van der Waals surface area contributed by atoms with E-state index >= 15 is 0 Å². The summed E-state index contributed by atoms with van der Waals surface area (Å²) in [6, 6.07) is 5.90. The molecule has 2 saturated heterocycles. The van der Waals surface area contributed by atoms with Crippen molar-refractivity contribution in [3.05, 3.63) is 29.8 Å². The van der Waals surface area contributed by atoms with Gasteiger partial charge in [-0.1, -0.05) is 6.07 Å². The van der Waals surface area contributed by atoms with Crippen LogP contribution in [0.15, 0.2) is 24.3 Å². The summed E-state index contributed by atoms with van der Waals surface area (Å²) in [6.07, 6.45) is 1.46. The van der Waals surface area contributed by atoms with Gasteiger partial charge in [-0.25, -0.2) is 0 Å². The molecule has 2 heterocycles. The third-order valence-electron chi connectivity index (χ3n) is 4.17. The first-order chi connectivity index (χ1) is 11.1. The van der Waals surface area contributed by atoms with Crippen LogP contribution in [-0.2, 0) is 9.47 Å². The van der Waals surface area contributed by atoms with Gasteiger partial charge in [-0.2, -0.15) is 8.78 Å². The van der Waals surface area contributed by atoms with Gasteiger partial charge < -0.3 is 19.1 Å². The van der Waals surface area contributed by atoms with E-state index < -0.39 is 6.61 Å². The molecule has 0 spiro atoms. The molecule has 0 bridgehead atoms. The van der Waals surface area contributed by atoms with E-state index in [1.807, 2.05) is 0 Å². The van der Waals surface area contributed by atoms with Crippen LogP contribution in [0.2, 0.25) is 0 Å². The number of ether oxygens (including phenoxy) is 3. The SMILES string of the molecule is O=C(c1cccc(OC(F)F)c1)N1CCC(C2OCCO2)CC1. The van der Waals surface area contributed by atoms with E-state index in [1.165, 1.54) is 18.2 Å². The third-order valence-corrected chi connectivity index (χ3v) is 4.17. The number of rotatable bonds is 4. The minimum Gasteiger partial charge on any atom is -0.435 e. The zero-order valence-electron chi connectivity index (χ0n) is 12.6. The Morgan fingerprint density at radius 3 is 2.57 bits per heavy atom. The Kier molecular flexibility index (Phi) is 5.07. The van der Waals surface area contributed by atoms with Gasteiger partial charge in [-0.05, 0) is 31.0 Å². The van der Waals surface area contributed by atoms with Crippen LogP contribution in [-0.4, -0.2) is 50.0 Å². The second kappa shape index (κ2) is 7.23. The number of amides is 1. The van der Waals surface area contributed by atoms with Gasteiger partial charge in [0.2, 0.25) is 0 Å². The maximum Gasteiger partial charge on any atom is 0.387 e. The average Bonchev–Trinajstić information content (AvgIpc) is 3.08. The Morgan fingerprint density at radius 2 is 1.91 bits per heavy atom. The minimum absolute atomic E-state index is 0.00603. The molecular weight excluding hydrogens is 308 g/mol. The molecule has 126 valence electrons. The molecule has 1 aromatic rings. The number of carbonyl (C=O) groups is 1. The second-order valence-electron chi connectivity index (χ2n) is 5.65. The van der Waals surface area contributed by atoms with Crippen molar-refractivity contribution in [2.24, 2.45) is 5.92 Å². The van der Waals surface area contributed by atoms with Gasteiger partial charge in [0.25, 0.3) is 5.91 Å². The monoisotopic (exact) mass is 327 g/mol. The van der Waals surface area contributed by atoms with Crippen molar-refractivity contribution in [1.82, 2.24) is 4.90 Å². The van der Waals surface area contributed by atoms with Gasteiger partial charge in [0, 0.05) is 24.6 Å². The molecule has 2 fully saturated rings. The van der Waals surface area contributed by atoms with Crippen LogP contribution in [0.5, 0.6) is 5.75 Å². The normalized spacial score (nSPS) is 20.2. The first-order valence-electron chi connectivity index (χ1n) is 7.71. The number of piperidine rings is 1. The maximum atomic E-state index is 12.5. The molecule has 2 aliphatic rings. The molecule has 3 rings (SSSR count). The van der Waals surface area contributed by atoms with Crippen LogP contribution < -0.4 is 4.74 Å². The summed E-state index contributed by atoms with van der Waals surface area (Å²) >= 11 is 0. The van der Waals surface area contributed by atoms with E-state index in [0.29, 0.717) is 37.8 Å². The van der Waals surface area contributed by atoms with Gasteiger partial charge in [0.1, 0.15) is 5.75 Å². The topological polar surface area (TPSA) is 48.0 Å². The maximum absolute atomic E-state index is 12.5. The van der Waals surface area contributed by atoms with E-state index in [4.69, 9.17) is 9.47 Å². The van der Waals surface area contributed by atoms with Crippen LogP contribution in [0.1, 0.15) is 23.2 Å². The smallest absolute Gasteiger partial charge is 0.387 e. The van der Waals surface area contributed by atoms with Gasteiger partial charge in [0.05, 0.1) is 13.2 Å². The summed E-state index contributed by atoms with van der Waals surface area (Å²) in [5.74, 6) is 0.125. The second-order valence-corrected chi connectivity index (χ2v) is 5.65. The van der Waals surface area contributed by atoms with E-state index in [2.05, 4.69) is 4.74 Å². The standard InChI is InChI=1S/C16H19F2NO4/c17-16(18)23-13-3-1-2-12(10-13)14(20)19-6-4-11(5-7-19)15-21-8-9-22-15/h1-3,10-11,15-16H,4-9H2. The lowest BCUT2D eigenvalue weighted by molar-refractivity contribution is -0.0956. The van der Waals surface area contributed by atoms with E-state index in [9.17, 15) is 13.6 Å². The predicted octanol–water partition coefficient (Wildman–Crippen LogP) is 2.51. The molecule has 0 N–H and O–H groups in total. The minimum atomic E-state index is -2.90. The Balaban J connectivity index is 1.58. The Labute approximate surface area is 133 Å². The first-order valence-corrected chi connectivity index (χ1v) is 7.71. The molecule has 7 heteroatoms. The van der Waals surface area contributed by atoms with Gasteiger partial charge in [0.15, 0.2) is 6.29 Å². The number of alkyl halides is 2. The zero-order valence-corrected chi connectivity index (χ0v) is 12.6. The lowest BCUT2D eigenvalue weighted by atomic mass is 9.95. The molecular formula is C16H19F2NO4. The fraction of sp³-hybridized carbons (Fsp3) is 0.562. The van der Waals surface area contributed by atoms with Crippen molar-refractivity contribution < 1.29 is 27.8 Å². The lowest BCUT2D eigenvalue weighted by Gasteiger charge is -2.33. The van der Waals surface area contributed by atoms with Gasteiger partial charge >= 0.3 is 6.61 Å². The van der Waals surface area contributed by atoms with Crippen molar-refractivity contribution in [3.63, 3.8) is 0 Å². The Bertz CT molecular complexity index is 541. The van der Waals surface area contributed by atoms with E-state index in [0.717, 1.165) is 12.8 Å². The van der Waals surface area contributed by atoms with Gasteiger partial charge in [-0.3, -0.25) is 4.79 Å². The quantitative estimate of drug-likeness (QED) is 0.853. The summed E-state index contributed by atoms with van der Waals surface area (Å²) in [5.41, 5.74) is 0.356. The number of halogens is 2. The molecule has 1 aromatic carbocycles. The van der Waals surface area contributed by atoms with Crippen molar-refractivity contribution in [2.45, 2.75) is 25.7 Å². The Morgan fingerprint density at radius 1 is 1.22 bits per heavy atom. The van der Waals surface area contributed by atoms with E-state index in [-0.39, 0.29) is 17.9 Å². The number of carbonyl (C=O) groups excluding carboxylic acids is 1. The molecule has 23 heavy (non-hydrogen) atoms. The molecule has 5 nitrogen and oxygen atoms in total. The largest absolute Gasteiger partial charge is 0.435 e.